The van der Waals surface area contributed by atoms with Crippen LogP contribution >= 0.6 is 0 Å². The number of hydrogen-bond acceptors (Lipinski definition) is 4. The Labute approximate surface area is 169 Å². The van der Waals surface area contributed by atoms with Gasteiger partial charge in [-0.15, -0.1) is 0 Å². The Hall–Kier alpha value is -2.96. The lowest BCUT2D eigenvalue weighted by Crippen LogP contribution is -2.51. The third-order valence-electron chi connectivity index (χ3n) is 6.42. The van der Waals surface area contributed by atoms with Gasteiger partial charge in [-0.2, -0.15) is 5.10 Å². The molecule has 1 aliphatic heterocycles. The van der Waals surface area contributed by atoms with E-state index in [9.17, 15) is 9.59 Å². The highest BCUT2D eigenvalue weighted by Gasteiger charge is 2.35. The molecular weight excluding hydrogens is 366 g/mol. The highest BCUT2D eigenvalue weighted by atomic mass is 16.2. The number of likely N-dealkylation sites (tertiary alicyclic amines) is 1. The highest BCUT2D eigenvalue weighted by Crippen LogP contribution is 2.35. The van der Waals surface area contributed by atoms with E-state index in [1.165, 1.54) is 42.8 Å². The van der Waals surface area contributed by atoms with Gasteiger partial charge in [0, 0.05) is 12.6 Å². The number of benzene rings is 1. The minimum absolute atomic E-state index is 0.0281. The van der Waals surface area contributed by atoms with Crippen molar-refractivity contribution >= 4 is 16.9 Å². The summed E-state index contributed by atoms with van der Waals surface area (Å²) in [4.78, 5) is 32.5. The van der Waals surface area contributed by atoms with Gasteiger partial charge in [0.05, 0.1) is 11.9 Å². The van der Waals surface area contributed by atoms with Gasteiger partial charge >= 0.3 is 0 Å². The Morgan fingerprint density at radius 2 is 1.86 bits per heavy atom. The van der Waals surface area contributed by atoms with Crippen LogP contribution in [0.2, 0.25) is 0 Å². The lowest BCUT2D eigenvalue weighted by atomic mass is 9.78. The van der Waals surface area contributed by atoms with E-state index in [1.807, 2.05) is 35.2 Å². The first-order chi connectivity index (χ1) is 14.2. The first-order valence-corrected chi connectivity index (χ1v) is 10.5. The maximum atomic E-state index is 13.1. The van der Waals surface area contributed by atoms with Crippen LogP contribution in [0.1, 0.15) is 38.5 Å². The molecule has 3 heterocycles. The number of nitrogens with zero attached hydrogens (tertiary/aromatic N) is 5. The molecule has 0 N–H and O–H groups in total. The number of hydrogen-bond donors (Lipinski definition) is 0. The van der Waals surface area contributed by atoms with Crippen molar-refractivity contribution in [1.82, 2.24) is 24.2 Å². The fraction of sp³-hybridized carbons (Fsp3) is 0.455. The second-order valence-electron chi connectivity index (χ2n) is 8.15. The maximum Gasteiger partial charge on any atom is 0.264 e. The smallest absolute Gasteiger partial charge is 0.264 e. The molecule has 0 unspecified atom stereocenters. The summed E-state index contributed by atoms with van der Waals surface area (Å²) >= 11 is 0. The molecule has 2 fully saturated rings. The number of para-hydroxylation sites is 1. The number of fused-ring (bicyclic) bond motifs is 2. The van der Waals surface area contributed by atoms with E-state index >= 15 is 0 Å². The molecule has 5 rings (SSSR count). The van der Waals surface area contributed by atoms with Gasteiger partial charge in [0.1, 0.15) is 18.3 Å². The third-order valence-corrected chi connectivity index (χ3v) is 6.42. The summed E-state index contributed by atoms with van der Waals surface area (Å²) in [7, 11) is 0. The monoisotopic (exact) mass is 391 g/mol. The quantitative estimate of drug-likeness (QED) is 0.688. The van der Waals surface area contributed by atoms with Gasteiger partial charge in [0.15, 0.2) is 5.65 Å². The molecule has 7 heteroatoms. The molecule has 1 aliphatic carbocycles. The van der Waals surface area contributed by atoms with E-state index in [1.54, 1.807) is 4.68 Å². The summed E-state index contributed by atoms with van der Waals surface area (Å²) in [5, 5.41) is 4.76. The van der Waals surface area contributed by atoms with Crippen LogP contribution < -0.4 is 5.56 Å². The minimum atomic E-state index is -0.220. The van der Waals surface area contributed by atoms with Crippen LogP contribution in [0.25, 0.3) is 16.7 Å². The molecule has 29 heavy (non-hydrogen) atoms. The summed E-state index contributed by atoms with van der Waals surface area (Å²) in [6.45, 7) is 0.845. The minimum Gasteiger partial charge on any atom is -0.338 e. The van der Waals surface area contributed by atoms with E-state index < -0.39 is 0 Å². The Bertz CT molecular complexity index is 1090. The molecule has 0 spiro atoms. The molecule has 0 radical (unpaired) electrons. The Balaban J connectivity index is 1.41. The van der Waals surface area contributed by atoms with Crippen molar-refractivity contribution in [1.29, 1.82) is 0 Å². The number of rotatable bonds is 3. The van der Waals surface area contributed by atoms with E-state index in [0.717, 1.165) is 25.1 Å². The maximum absolute atomic E-state index is 13.1. The van der Waals surface area contributed by atoms with E-state index in [4.69, 9.17) is 0 Å². The Morgan fingerprint density at radius 1 is 1.07 bits per heavy atom. The predicted octanol–water partition coefficient (Wildman–Crippen LogP) is 2.76. The van der Waals surface area contributed by atoms with Gasteiger partial charge in [-0.25, -0.2) is 9.67 Å². The second-order valence-corrected chi connectivity index (χ2v) is 8.15. The second kappa shape index (κ2) is 7.46. The van der Waals surface area contributed by atoms with Crippen molar-refractivity contribution in [2.75, 3.05) is 6.54 Å². The van der Waals surface area contributed by atoms with Crippen LogP contribution in [0, 0.1) is 5.92 Å². The standard InChI is InChI=1S/C22H25N5O2/c28-20(26-12-6-8-16-7-4-5-11-19(16)26)14-25-15-23-21-18(22(25)29)13-24-27(21)17-9-2-1-3-10-17/h1-3,9-10,13,15-16,19H,4-8,11-12,14H2/t16-,19-/m1/s1. The van der Waals surface area contributed by atoms with E-state index in [-0.39, 0.29) is 18.0 Å². The van der Waals surface area contributed by atoms with Crippen LogP contribution in [-0.4, -0.2) is 42.7 Å². The summed E-state index contributed by atoms with van der Waals surface area (Å²) in [6, 6.07) is 9.94. The molecule has 150 valence electrons. The predicted molar refractivity (Wildman–Crippen MR) is 110 cm³/mol. The van der Waals surface area contributed by atoms with Crippen molar-refractivity contribution in [3.63, 3.8) is 0 Å². The zero-order chi connectivity index (χ0) is 19.8. The zero-order valence-corrected chi connectivity index (χ0v) is 16.4. The first-order valence-electron chi connectivity index (χ1n) is 10.5. The largest absolute Gasteiger partial charge is 0.338 e. The highest BCUT2D eigenvalue weighted by molar-refractivity contribution is 5.78. The SMILES string of the molecule is O=C(Cn1cnc2c(cnn2-c2ccccc2)c1=O)N1CCC[C@H]2CCCC[C@H]21. The van der Waals surface area contributed by atoms with Crippen LogP contribution in [0.3, 0.4) is 0 Å². The summed E-state index contributed by atoms with van der Waals surface area (Å²) < 4.78 is 3.08. The molecule has 2 aliphatic rings. The van der Waals surface area contributed by atoms with Crippen molar-refractivity contribution in [3.05, 3.63) is 53.2 Å². The van der Waals surface area contributed by atoms with Crippen molar-refractivity contribution in [2.45, 2.75) is 51.1 Å². The zero-order valence-electron chi connectivity index (χ0n) is 16.4. The molecule has 2 atom stereocenters. The summed E-state index contributed by atoms with van der Waals surface area (Å²) in [5.74, 6) is 0.656. The number of amides is 1. The normalized spacial score (nSPS) is 21.9. The van der Waals surface area contributed by atoms with Gasteiger partial charge in [-0.05, 0) is 43.7 Å². The lowest BCUT2D eigenvalue weighted by Gasteiger charge is -2.44. The van der Waals surface area contributed by atoms with Gasteiger partial charge in [-0.1, -0.05) is 31.0 Å². The van der Waals surface area contributed by atoms with E-state index in [2.05, 4.69) is 10.1 Å². The molecule has 0 bridgehead atoms. The first kappa shape index (κ1) is 18.1. The molecule has 7 nitrogen and oxygen atoms in total. The van der Waals surface area contributed by atoms with Crippen molar-refractivity contribution in [3.8, 4) is 5.69 Å². The molecule has 1 aromatic carbocycles. The molecule has 1 amide bonds. The van der Waals surface area contributed by atoms with E-state index in [0.29, 0.717) is 23.0 Å². The summed E-state index contributed by atoms with van der Waals surface area (Å²) in [5.41, 5.74) is 1.14. The van der Waals surface area contributed by atoms with Gasteiger partial charge in [0.25, 0.3) is 5.56 Å². The topological polar surface area (TPSA) is 73.0 Å². The van der Waals surface area contributed by atoms with Gasteiger partial charge in [0.2, 0.25) is 5.91 Å². The van der Waals surface area contributed by atoms with Crippen molar-refractivity contribution in [2.24, 2.45) is 5.92 Å². The van der Waals surface area contributed by atoms with Gasteiger partial charge in [-0.3, -0.25) is 14.2 Å². The van der Waals surface area contributed by atoms with Crippen LogP contribution in [-0.2, 0) is 11.3 Å². The molecule has 1 saturated carbocycles. The van der Waals surface area contributed by atoms with Crippen LogP contribution in [0.15, 0.2) is 47.7 Å². The number of piperidine rings is 1. The third kappa shape index (κ3) is 3.24. The van der Waals surface area contributed by atoms with Crippen LogP contribution in [0.4, 0.5) is 0 Å². The molecule has 2 aromatic heterocycles. The fourth-order valence-corrected chi connectivity index (χ4v) is 4.99. The fourth-order valence-electron chi connectivity index (χ4n) is 4.99. The Kier molecular flexibility index (Phi) is 4.66. The average molecular weight is 391 g/mol. The van der Waals surface area contributed by atoms with Crippen LogP contribution in [0.5, 0.6) is 0 Å². The molecular formula is C22H25N5O2. The van der Waals surface area contributed by atoms with Crippen molar-refractivity contribution < 1.29 is 4.79 Å². The molecule has 1 saturated heterocycles. The summed E-state index contributed by atoms with van der Waals surface area (Å²) in [6.07, 6.45) is 10.1. The number of carbonyl (C=O) groups is 1. The average Bonchev–Trinajstić information content (AvgIpc) is 3.21. The number of aromatic nitrogens is 4. The Morgan fingerprint density at radius 3 is 2.72 bits per heavy atom. The lowest BCUT2D eigenvalue weighted by molar-refractivity contribution is -0.138. The number of carbonyl (C=O) groups excluding carboxylic acids is 1. The van der Waals surface area contributed by atoms with Gasteiger partial charge < -0.3 is 4.90 Å². The molecule has 3 aromatic rings.